The van der Waals surface area contributed by atoms with Crippen molar-refractivity contribution in [3.63, 3.8) is 0 Å². The molecule has 0 atom stereocenters. The molecule has 2 aromatic carbocycles. The molecule has 2 heterocycles. The first-order valence-corrected chi connectivity index (χ1v) is 12.3. The third kappa shape index (κ3) is 4.81. The van der Waals surface area contributed by atoms with Crippen molar-refractivity contribution in [1.29, 1.82) is 0 Å². The highest BCUT2D eigenvalue weighted by atomic mass is 35.5. The second-order valence-electron chi connectivity index (χ2n) is 8.67. The third-order valence-corrected chi connectivity index (χ3v) is 6.79. The first-order chi connectivity index (χ1) is 16.2. The Labute approximate surface area is 206 Å². The molecule has 4 aromatic rings. The number of benzene rings is 2. The number of halogens is 2. The summed E-state index contributed by atoms with van der Waals surface area (Å²) in [6.45, 7) is 8.35. The quantitative estimate of drug-likeness (QED) is 0.172. The Kier molecular flexibility index (Phi) is 6.96. The van der Waals surface area contributed by atoms with E-state index in [1.807, 2.05) is 38.3 Å². The van der Waals surface area contributed by atoms with Crippen molar-refractivity contribution >= 4 is 40.0 Å². The summed E-state index contributed by atoms with van der Waals surface area (Å²) < 4.78 is 16.9. The molecule has 0 saturated heterocycles. The van der Waals surface area contributed by atoms with E-state index in [1.54, 1.807) is 34.9 Å². The fraction of sp³-hybridized carbons (Fsp3) is 0.269. The lowest BCUT2D eigenvalue weighted by atomic mass is 10.2. The Bertz CT molecular complexity index is 1440. The average Bonchev–Trinajstić information content (AvgIpc) is 3.08. The van der Waals surface area contributed by atoms with Gasteiger partial charge in [-0.2, -0.15) is 0 Å². The first kappa shape index (κ1) is 24.2. The van der Waals surface area contributed by atoms with Gasteiger partial charge in [0.05, 0.1) is 16.7 Å². The second-order valence-corrected chi connectivity index (χ2v) is 10.1. The Balaban J connectivity index is 1.65. The number of aryl methyl sites for hydroxylation is 1. The standard InChI is InChI=1S/C26H25ClFN3O2S/c1-15(2)13-30-25(33)21-10-5-18(27)12-23(21)29-26(30)34-14-24(32)22-11-16(3)31(17(22)4)20-8-6-19(28)7-9-20/h5-12,15H,13-14H2,1-4H3. The number of hydrogen-bond donors (Lipinski definition) is 0. The van der Waals surface area contributed by atoms with Gasteiger partial charge in [-0.15, -0.1) is 0 Å². The van der Waals surface area contributed by atoms with Crippen LogP contribution in [0.4, 0.5) is 4.39 Å². The molecule has 0 aliphatic rings. The zero-order valence-corrected chi connectivity index (χ0v) is 21.0. The van der Waals surface area contributed by atoms with Crippen LogP contribution in [0.5, 0.6) is 0 Å². The zero-order chi connectivity index (χ0) is 24.6. The zero-order valence-electron chi connectivity index (χ0n) is 19.4. The monoisotopic (exact) mass is 497 g/mol. The van der Waals surface area contributed by atoms with Gasteiger partial charge in [-0.25, -0.2) is 9.37 Å². The van der Waals surface area contributed by atoms with E-state index in [9.17, 15) is 14.0 Å². The van der Waals surface area contributed by atoms with Crippen LogP contribution in [-0.4, -0.2) is 25.7 Å². The van der Waals surface area contributed by atoms with Gasteiger partial charge < -0.3 is 4.57 Å². The summed E-state index contributed by atoms with van der Waals surface area (Å²) in [5.74, 6) is -0.0166. The van der Waals surface area contributed by atoms with Gasteiger partial charge in [-0.05, 0) is 68.3 Å². The van der Waals surface area contributed by atoms with Crippen LogP contribution in [0, 0.1) is 25.6 Å². The maximum atomic E-state index is 13.4. The lowest BCUT2D eigenvalue weighted by Gasteiger charge is -2.15. The van der Waals surface area contributed by atoms with Crippen molar-refractivity contribution in [1.82, 2.24) is 14.1 Å². The molecule has 0 amide bonds. The number of aromatic nitrogens is 3. The highest BCUT2D eigenvalue weighted by Gasteiger charge is 2.19. The number of fused-ring (bicyclic) bond motifs is 1. The summed E-state index contributed by atoms with van der Waals surface area (Å²) in [5, 5.41) is 1.50. The molecular formula is C26H25ClFN3O2S. The number of hydrogen-bond acceptors (Lipinski definition) is 4. The molecule has 34 heavy (non-hydrogen) atoms. The molecule has 0 N–H and O–H groups in total. The van der Waals surface area contributed by atoms with E-state index in [2.05, 4.69) is 4.98 Å². The first-order valence-electron chi connectivity index (χ1n) is 11.0. The van der Waals surface area contributed by atoms with Crippen LogP contribution in [-0.2, 0) is 6.54 Å². The van der Waals surface area contributed by atoms with Crippen molar-refractivity contribution in [2.75, 3.05) is 5.75 Å². The summed E-state index contributed by atoms with van der Waals surface area (Å²) in [5.41, 5.74) is 3.43. The maximum absolute atomic E-state index is 13.4. The van der Waals surface area contributed by atoms with Crippen molar-refractivity contribution in [2.24, 2.45) is 5.92 Å². The lowest BCUT2D eigenvalue weighted by Crippen LogP contribution is -2.25. The molecule has 0 fully saturated rings. The van der Waals surface area contributed by atoms with Crippen LogP contribution in [0.2, 0.25) is 5.02 Å². The Morgan fingerprint density at radius 1 is 1.12 bits per heavy atom. The van der Waals surface area contributed by atoms with Gasteiger partial charge in [0.15, 0.2) is 10.9 Å². The molecule has 2 aromatic heterocycles. The fourth-order valence-electron chi connectivity index (χ4n) is 4.05. The molecule has 0 radical (unpaired) electrons. The Morgan fingerprint density at radius 3 is 2.50 bits per heavy atom. The highest BCUT2D eigenvalue weighted by molar-refractivity contribution is 7.99. The molecule has 4 rings (SSSR count). The van der Waals surface area contributed by atoms with E-state index >= 15 is 0 Å². The minimum atomic E-state index is -0.310. The predicted molar refractivity (Wildman–Crippen MR) is 136 cm³/mol. The molecule has 0 bridgehead atoms. The van der Waals surface area contributed by atoms with Crippen LogP contribution in [0.15, 0.2) is 58.5 Å². The number of rotatable bonds is 7. The van der Waals surface area contributed by atoms with E-state index in [-0.39, 0.29) is 28.8 Å². The van der Waals surface area contributed by atoms with E-state index < -0.39 is 0 Å². The van der Waals surface area contributed by atoms with Crippen molar-refractivity contribution in [3.05, 3.63) is 86.7 Å². The largest absolute Gasteiger partial charge is 0.318 e. The third-order valence-electron chi connectivity index (χ3n) is 5.58. The summed E-state index contributed by atoms with van der Waals surface area (Å²) in [6.07, 6.45) is 0. The van der Waals surface area contributed by atoms with Gasteiger partial charge in [-0.3, -0.25) is 14.2 Å². The number of nitrogens with zero attached hydrogens (tertiary/aromatic N) is 3. The highest BCUT2D eigenvalue weighted by Crippen LogP contribution is 2.25. The molecular weight excluding hydrogens is 473 g/mol. The van der Waals surface area contributed by atoms with E-state index in [0.29, 0.717) is 33.2 Å². The number of thioether (sulfide) groups is 1. The summed E-state index contributed by atoms with van der Waals surface area (Å²) in [6, 6.07) is 13.1. The number of ketones is 1. The molecule has 0 unspecified atom stereocenters. The summed E-state index contributed by atoms with van der Waals surface area (Å²) in [4.78, 5) is 31.0. The topological polar surface area (TPSA) is 56.9 Å². The number of carbonyl (C=O) groups excluding carboxylic acids is 1. The van der Waals surface area contributed by atoms with Gasteiger partial charge >= 0.3 is 0 Å². The van der Waals surface area contributed by atoms with Gasteiger partial charge in [0.1, 0.15) is 5.82 Å². The van der Waals surface area contributed by atoms with Gasteiger partial charge in [-0.1, -0.05) is 37.2 Å². The van der Waals surface area contributed by atoms with E-state index in [4.69, 9.17) is 11.6 Å². The van der Waals surface area contributed by atoms with Gasteiger partial charge in [0.2, 0.25) is 0 Å². The SMILES string of the molecule is Cc1cc(C(=O)CSc2nc3cc(Cl)ccc3c(=O)n2CC(C)C)c(C)n1-c1ccc(F)cc1. The maximum Gasteiger partial charge on any atom is 0.262 e. The van der Waals surface area contributed by atoms with Crippen LogP contribution in [0.3, 0.4) is 0 Å². The van der Waals surface area contributed by atoms with E-state index in [1.165, 1.54) is 23.9 Å². The molecule has 0 saturated carbocycles. The van der Waals surface area contributed by atoms with Gasteiger partial charge in [0.25, 0.3) is 5.56 Å². The smallest absolute Gasteiger partial charge is 0.262 e. The van der Waals surface area contributed by atoms with E-state index in [0.717, 1.165) is 17.1 Å². The Morgan fingerprint density at radius 2 is 1.82 bits per heavy atom. The van der Waals surface area contributed by atoms with Crippen molar-refractivity contribution in [2.45, 2.75) is 39.4 Å². The molecule has 0 aliphatic heterocycles. The normalized spacial score (nSPS) is 11.5. The molecule has 0 spiro atoms. The van der Waals surface area contributed by atoms with Crippen LogP contribution in [0.25, 0.3) is 16.6 Å². The Hall–Kier alpha value is -2.90. The summed E-state index contributed by atoms with van der Waals surface area (Å²) >= 11 is 7.36. The molecule has 0 aliphatic carbocycles. The molecule has 5 nitrogen and oxygen atoms in total. The minimum absolute atomic E-state index is 0.0667. The average molecular weight is 498 g/mol. The molecule has 176 valence electrons. The number of Topliss-reactive ketones (excluding diaryl/α,β-unsaturated/α-hetero) is 1. The lowest BCUT2D eigenvalue weighted by molar-refractivity contribution is 0.102. The van der Waals surface area contributed by atoms with Crippen molar-refractivity contribution < 1.29 is 9.18 Å². The number of carbonyl (C=O) groups is 1. The van der Waals surface area contributed by atoms with Crippen molar-refractivity contribution in [3.8, 4) is 5.69 Å². The van der Waals surface area contributed by atoms with Crippen LogP contribution in [0.1, 0.15) is 35.6 Å². The minimum Gasteiger partial charge on any atom is -0.318 e. The fourth-order valence-corrected chi connectivity index (χ4v) is 5.11. The predicted octanol–water partition coefficient (Wildman–Crippen LogP) is 6.23. The second kappa shape index (κ2) is 9.76. The summed E-state index contributed by atoms with van der Waals surface area (Å²) in [7, 11) is 0. The molecule has 8 heteroatoms. The van der Waals surface area contributed by atoms with Crippen LogP contribution >= 0.6 is 23.4 Å². The van der Waals surface area contributed by atoms with Gasteiger partial charge in [0, 0.05) is 34.2 Å². The van der Waals surface area contributed by atoms with Crippen LogP contribution < -0.4 is 5.56 Å².